The van der Waals surface area contributed by atoms with Gasteiger partial charge in [0.15, 0.2) is 0 Å². The average Bonchev–Trinajstić information content (AvgIpc) is 2.74. The van der Waals surface area contributed by atoms with E-state index in [1.807, 2.05) is 0 Å². The fourth-order valence-corrected chi connectivity index (χ4v) is 3.35. The number of hydrogen-bond acceptors (Lipinski definition) is 2. The van der Waals surface area contributed by atoms with Crippen LogP contribution in [0.2, 0.25) is 0 Å². The van der Waals surface area contributed by atoms with Gasteiger partial charge in [-0.15, -0.1) is 0 Å². The molecule has 0 aliphatic heterocycles. The highest BCUT2D eigenvalue weighted by molar-refractivity contribution is 5.87. The van der Waals surface area contributed by atoms with E-state index in [0.29, 0.717) is 5.75 Å². The van der Waals surface area contributed by atoms with Gasteiger partial charge in [-0.1, -0.05) is 117 Å². The molecule has 0 unspecified atom stereocenters. The van der Waals surface area contributed by atoms with Crippen LogP contribution in [0.1, 0.15) is 127 Å². The first-order valence-corrected chi connectivity index (χ1v) is 12.0. The van der Waals surface area contributed by atoms with E-state index in [1.165, 1.54) is 122 Å². The number of benzene rings is 1. The molecule has 1 aromatic carbocycles. The third-order valence-corrected chi connectivity index (χ3v) is 5.29. The van der Waals surface area contributed by atoms with Gasteiger partial charge in [0.1, 0.15) is 5.75 Å². The first kappa shape index (κ1) is 27.5. The van der Waals surface area contributed by atoms with Crippen LogP contribution in [-0.2, 0) is 0 Å². The van der Waals surface area contributed by atoms with Gasteiger partial charge in [-0.3, -0.25) is 0 Å². The minimum Gasteiger partial charge on any atom is -0.497 e. The Morgan fingerprint density at radius 1 is 0.655 bits per heavy atom. The summed E-state index contributed by atoms with van der Waals surface area (Å²) in [5.41, 5.74) is 0.269. The summed E-state index contributed by atoms with van der Waals surface area (Å²) in [6.07, 6.45) is 23.4. The molecule has 0 aliphatic rings. The van der Waals surface area contributed by atoms with Gasteiger partial charge >= 0.3 is 5.97 Å². The largest absolute Gasteiger partial charge is 0.497 e. The molecule has 1 rings (SSSR count). The first-order valence-electron chi connectivity index (χ1n) is 12.0. The number of hydrogen-bond donors (Lipinski definition) is 1. The lowest BCUT2D eigenvalue weighted by molar-refractivity contribution is 0.0697. The van der Waals surface area contributed by atoms with Crippen molar-refractivity contribution in [3.63, 3.8) is 0 Å². The number of rotatable bonds is 17. The molecule has 0 amide bonds. The fraction of sp³-hybridized carbons (Fsp3) is 0.731. The van der Waals surface area contributed by atoms with E-state index >= 15 is 0 Å². The van der Waals surface area contributed by atoms with Gasteiger partial charge in [0.2, 0.25) is 0 Å². The second-order valence-corrected chi connectivity index (χ2v) is 7.98. The zero-order valence-corrected chi connectivity index (χ0v) is 19.4. The Morgan fingerprint density at radius 2 is 0.966 bits per heavy atom. The Kier molecular flexibility index (Phi) is 20.1. The van der Waals surface area contributed by atoms with Crippen LogP contribution >= 0.6 is 0 Å². The standard InChI is InChI=1S/C18H38.C8H8O3/c1-3-5-7-9-11-13-15-17-18-16-14-12-10-8-6-4-2;1-11-7-4-2-6(3-5-7)8(9)10/h3-18H2,1-2H3;2-5H,1H3,(H,9,10). The maximum Gasteiger partial charge on any atom is 0.335 e. The molecule has 0 saturated heterocycles. The molecule has 3 nitrogen and oxygen atoms in total. The zero-order chi connectivity index (χ0) is 21.6. The van der Waals surface area contributed by atoms with Crippen LogP contribution in [0.3, 0.4) is 0 Å². The minimum absolute atomic E-state index is 0.269. The van der Waals surface area contributed by atoms with Crippen molar-refractivity contribution in [3.8, 4) is 5.75 Å². The van der Waals surface area contributed by atoms with E-state index in [9.17, 15) is 4.79 Å². The maximum absolute atomic E-state index is 10.4. The summed E-state index contributed by atoms with van der Waals surface area (Å²) in [4.78, 5) is 10.4. The first-order chi connectivity index (χ1) is 14.2. The van der Waals surface area contributed by atoms with Crippen molar-refractivity contribution in [1.29, 1.82) is 0 Å². The van der Waals surface area contributed by atoms with E-state index in [4.69, 9.17) is 9.84 Å². The zero-order valence-electron chi connectivity index (χ0n) is 19.4. The molecule has 0 bridgehead atoms. The van der Waals surface area contributed by atoms with E-state index in [0.717, 1.165) is 0 Å². The highest BCUT2D eigenvalue weighted by atomic mass is 16.5. The van der Waals surface area contributed by atoms with Crippen LogP contribution in [0.4, 0.5) is 0 Å². The van der Waals surface area contributed by atoms with Crippen molar-refractivity contribution in [2.45, 2.75) is 117 Å². The van der Waals surface area contributed by atoms with E-state index < -0.39 is 5.97 Å². The number of unbranched alkanes of at least 4 members (excludes halogenated alkanes) is 15. The molecule has 1 N–H and O–H groups in total. The molecular formula is C26H46O3. The molecule has 3 heteroatoms. The lowest BCUT2D eigenvalue weighted by atomic mass is 10.0. The molecule has 0 atom stereocenters. The molecule has 0 fully saturated rings. The normalized spacial score (nSPS) is 10.3. The number of aromatic carboxylic acids is 1. The van der Waals surface area contributed by atoms with Crippen LogP contribution in [0.15, 0.2) is 24.3 Å². The van der Waals surface area contributed by atoms with Crippen molar-refractivity contribution in [2.24, 2.45) is 0 Å². The Bertz CT molecular complexity index is 451. The Labute approximate surface area is 180 Å². The van der Waals surface area contributed by atoms with Gasteiger partial charge in [0.05, 0.1) is 12.7 Å². The van der Waals surface area contributed by atoms with Crippen LogP contribution < -0.4 is 4.74 Å². The maximum atomic E-state index is 10.4. The number of methoxy groups -OCH3 is 1. The lowest BCUT2D eigenvalue weighted by Gasteiger charge is -2.03. The highest BCUT2D eigenvalue weighted by Gasteiger charge is 2.00. The second kappa shape index (κ2) is 21.2. The van der Waals surface area contributed by atoms with Crippen molar-refractivity contribution >= 4 is 5.97 Å². The topological polar surface area (TPSA) is 46.5 Å². The Morgan fingerprint density at radius 3 is 1.21 bits per heavy atom. The summed E-state index contributed by atoms with van der Waals surface area (Å²) in [6.45, 7) is 4.59. The Hall–Kier alpha value is -1.51. The predicted octanol–water partition coefficient (Wildman–Crippen LogP) is 8.66. The quantitative estimate of drug-likeness (QED) is 0.263. The van der Waals surface area contributed by atoms with Crippen LogP contribution in [0.25, 0.3) is 0 Å². The van der Waals surface area contributed by atoms with E-state index in [-0.39, 0.29) is 5.56 Å². The molecule has 0 heterocycles. The molecule has 0 saturated carbocycles. The average molecular weight is 407 g/mol. The van der Waals surface area contributed by atoms with E-state index in [2.05, 4.69) is 13.8 Å². The summed E-state index contributed by atoms with van der Waals surface area (Å²) < 4.78 is 4.86. The SMILES string of the molecule is CCCCCCCCCCCCCCCCCC.COc1ccc(C(=O)O)cc1. The van der Waals surface area contributed by atoms with Gasteiger partial charge in [-0.2, -0.15) is 0 Å². The van der Waals surface area contributed by atoms with E-state index in [1.54, 1.807) is 12.1 Å². The number of ether oxygens (including phenoxy) is 1. The predicted molar refractivity (Wildman–Crippen MR) is 125 cm³/mol. The van der Waals surface area contributed by atoms with Crippen molar-refractivity contribution in [3.05, 3.63) is 29.8 Å². The summed E-state index contributed by atoms with van der Waals surface area (Å²) in [6, 6.07) is 6.23. The number of carboxylic acid groups (broad SMARTS) is 1. The summed E-state index contributed by atoms with van der Waals surface area (Å²) in [7, 11) is 1.54. The van der Waals surface area contributed by atoms with Gasteiger partial charge in [0, 0.05) is 0 Å². The molecule has 0 spiro atoms. The summed E-state index contributed by atoms with van der Waals surface area (Å²) >= 11 is 0. The van der Waals surface area contributed by atoms with Gasteiger partial charge in [0.25, 0.3) is 0 Å². The molecule has 1 aromatic rings. The smallest absolute Gasteiger partial charge is 0.335 e. The fourth-order valence-electron chi connectivity index (χ4n) is 3.35. The van der Waals surface area contributed by atoms with Crippen LogP contribution in [-0.4, -0.2) is 18.2 Å². The van der Waals surface area contributed by atoms with Crippen molar-refractivity contribution in [1.82, 2.24) is 0 Å². The van der Waals surface area contributed by atoms with Gasteiger partial charge < -0.3 is 9.84 Å². The highest BCUT2D eigenvalue weighted by Crippen LogP contribution is 2.13. The molecule has 0 aliphatic carbocycles. The molecular weight excluding hydrogens is 360 g/mol. The van der Waals surface area contributed by atoms with Crippen LogP contribution in [0, 0.1) is 0 Å². The molecule has 29 heavy (non-hydrogen) atoms. The lowest BCUT2D eigenvalue weighted by Crippen LogP contribution is -1.95. The molecule has 0 aromatic heterocycles. The third-order valence-electron chi connectivity index (χ3n) is 5.29. The second-order valence-electron chi connectivity index (χ2n) is 7.98. The van der Waals surface area contributed by atoms with Crippen LogP contribution in [0.5, 0.6) is 5.75 Å². The minimum atomic E-state index is -0.923. The number of carboxylic acids is 1. The number of carbonyl (C=O) groups is 1. The third kappa shape index (κ3) is 18.3. The van der Waals surface area contributed by atoms with Crippen molar-refractivity contribution < 1.29 is 14.6 Å². The summed E-state index contributed by atoms with van der Waals surface area (Å²) in [5.74, 6) is -0.261. The summed E-state index contributed by atoms with van der Waals surface area (Å²) in [5, 5.41) is 8.51. The monoisotopic (exact) mass is 406 g/mol. The molecule has 168 valence electrons. The molecule has 0 radical (unpaired) electrons. The van der Waals surface area contributed by atoms with Crippen molar-refractivity contribution in [2.75, 3.05) is 7.11 Å². The van der Waals surface area contributed by atoms with Gasteiger partial charge in [-0.25, -0.2) is 4.79 Å². The Balaban J connectivity index is 0.000000604. The van der Waals surface area contributed by atoms with Gasteiger partial charge in [-0.05, 0) is 24.3 Å².